The molecule has 2 aromatic carbocycles. The number of rotatable bonds is 8. The maximum atomic E-state index is 14.4. The van der Waals surface area contributed by atoms with Crippen molar-refractivity contribution in [2.24, 2.45) is 0 Å². The van der Waals surface area contributed by atoms with E-state index in [2.05, 4.69) is 5.32 Å². The van der Waals surface area contributed by atoms with Crippen LogP contribution in [-0.4, -0.2) is 85.1 Å². The Kier molecular flexibility index (Phi) is 6.68. The lowest BCUT2D eigenvalue weighted by molar-refractivity contribution is -0.123. The number of nitrogens with zero attached hydrogens (tertiary/aromatic N) is 2. The van der Waals surface area contributed by atoms with Crippen molar-refractivity contribution in [1.29, 1.82) is 0 Å². The van der Waals surface area contributed by atoms with Crippen molar-refractivity contribution in [3.8, 4) is 0 Å². The summed E-state index contributed by atoms with van der Waals surface area (Å²) in [5, 5.41) is 3.05. The molecule has 0 aliphatic carbocycles. The number of sulfonamides is 1. The van der Waals surface area contributed by atoms with Crippen molar-refractivity contribution < 1.29 is 45.2 Å². The molecule has 2 N–H and O–H groups in total. The summed E-state index contributed by atoms with van der Waals surface area (Å²) in [6.45, 7) is 0.215. The number of carbonyl (C=O) groups excluding carboxylic acids is 5. The topological polar surface area (TPSA) is 184 Å². The van der Waals surface area contributed by atoms with Gasteiger partial charge in [0.1, 0.15) is 11.9 Å². The number of hydrogen-bond donors (Lipinski definition) is 2. The van der Waals surface area contributed by atoms with Gasteiger partial charge in [-0.2, -0.15) is 0 Å². The summed E-state index contributed by atoms with van der Waals surface area (Å²) in [6.07, 6.45) is 0.319. The Labute approximate surface area is 245 Å². The van der Waals surface area contributed by atoms with Crippen LogP contribution in [0.15, 0.2) is 36.4 Å². The monoisotopic (exact) mass is 632 g/mol. The second-order valence-corrected chi connectivity index (χ2v) is 15.0. The van der Waals surface area contributed by atoms with E-state index < -0.39 is 77.4 Å². The van der Waals surface area contributed by atoms with Gasteiger partial charge in [-0.1, -0.05) is 12.1 Å². The zero-order chi connectivity index (χ0) is 30.9. The summed E-state index contributed by atoms with van der Waals surface area (Å²) in [4.78, 5) is 64.5. The molecule has 4 aliphatic heterocycles. The van der Waals surface area contributed by atoms with E-state index in [4.69, 9.17) is 0 Å². The number of fused-ring (bicyclic) bond motifs is 2. The molecule has 2 aromatic rings. The number of anilines is 1. The molecule has 2 fully saturated rings. The molecule has 226 valence electrons. The van der Waals surface area contributed by atoms with Crippen molar-refractivity contribution in [3.63, 3.8) is 0 Å². The second-order valence-electron chi connectivity index (χ2n) is 10.8. The molecule has 2 saturated heterocycles. The van der Waals surface area contributed by atoms with Crippen LogP contribution in [0.25, 0.3) is 0 Å². The van der Waals surface area contributed by atoms with Crippen LogP contribution in [0.5, 0.6) is 0 Å². The fraction of sp³-hybridized carbons (Fsp3) is 0.370. The molecule has 0 spiro atoms. The maximum absolute atomic E-state index is 14.4. The highest BCUT2D eigenvalue weighted by atomic mass is 32.2. The van der Waals surface area contributed by atoms with Crippen LogP contribution in [-0.2, 0) is 24.7 Å². The standard InChI is InChI=1S/C27H25FN4O9S2/c28-17-7-3-5-15-20(17)26(37)32(24(15)35)27(11-14-42(27,38)39)10-1-2-12-29-18-8-4-6-16-21(18)25(36)31(23(16)34)19-9-13-43(40,41)30-22(19)33/h3-8,19,29H,1-2,9-14H2,(H,30,33)/t19?,27-/m1/s1. The Bertz CT molecular complexity index is 1860. The minimum atomic E-state index is -3.87. The number of benzene rings is 2. The van der Waals surface area contributed by atoms with E-state index in [1.165, 1.54) is 18.2 Å². The molecule has 4 aliphatic rings. The summed E-state index contributed by atoms with van der Waals surface area (Å²) < 4.78 is 65.6. The van der Waals surface area contributed by atoms with E-state index in [9.17, 15) is 45.2 Å². The summed E-state index contributed by atoms with van der Waals surface area (Å²) in [7, 11) is -7.69. The van der Waals surface area contributed by atoms with Gasteiger partial charge in [0.25, 0.3) is 29.5 Å². The van der Waals surface area contributed by atoms with Gasteiger partial charge in [-0.25, -0.2) is 21.2 Å². The first-order valence-electron chi connectivity index (χ1n) is 13.5. The highest BCUT2D eigenvalue weighted by Crippen LogP contribution is 2.46. The van der Waals surface area contributed by atoms with Gasteiger partial charge in [-0.05, 0) is 56.4 Å². The number of nitrogens with one attached hydrogen (secondary N) is 2. The molecule has 0 saturated carbocycles. The van der Waals surface area contributed by atoms with E-state index in [-0.39, 0.29) is 54.7 Å². The van der Waals surface area contributed by atoms with E-state index in [1.54, 1.807) is 12.1 Å². The number of imide groups is 2. The average Bonchev–Trinajstić information content (AvgIpc) is 3.35. The smallest absolute Gasteiger partial charge is 0.265 e. The molecule has 1 unspecified atom stereocenters. The molecule has 4 heterocycles. The Morgan fingerprint density at radius 1 is 0.860 bits per heavy atom. The van der Waals surface area contributed by atoms with E-state index in [0.29, 0.717) is 17.0 Å². The van der Waals surface area contributed by atoms with Crippen molar-refractivity contribution in [3.05, 3.63) is 64.5 Å². The Hall–Kier alpha value is -4.18. The largest absolute Gasteiger partial charge is 0.384 e. The van der Waals surface area contributed by atoms with Gasteiger partial charge in [-0.3, -0.25) is 38.5 Å². The van der Waals surface area contributed by atoms with Crippen LogP contribution in [0.3, 0.4) is 0 Å². The lowest BCUT2D eigenvalue weighted by Crippen LogP contribution is -2.64. The lowest BCUT2D eigenvalue weighted by Gasteiger charge is -2.46. The highest BCUT2D eigenvalue weighted by molar-refractivity contribution is 7.94. The maximum Gasteiger partial charge on any atom is 0.265 e. The molecule has 13 nitrogen and oxygen atoms in total. The summed E-state index contributed by atoms with van der Waals surface area (Å²) in [5.74, 6) is -5.79. The van der Waals surface area contributed by atoms with Crippen molar-refractivity contribution in [1.82, 2.24) is 14.5 Å². The normalized spacial score (nSPS) is 25.3. The van der Waals surface area contributed by atoms with Gasteiger partial charge in [-0.15, -0.1) is 0 Å². The van der Waals surface area contributed by atoms with E-state index in [0.717, 1.165) is 11.0 Å². The third-order valence-corrected chi connectivity index (χ3v) is 12.2. The number of unbranched alkanes of at least 4 members (excludes halogenated alkanes) is 1. The zero-order valence-electron chi connectivity index (χ0n) is 22.5. The van der Waals surface area contributed by atoms with Crippen molar-refractivity contribution >= 4 is 55.1 Å². The molecular formula is C27H25FN4O9S2. The molecule has 0 bridgehead atoms. The fourth-order valence-corrected chi connectivity index (χ4v) is 9.15. The van der Waals surface area contributed by atoms with Gasteiger partial charge in [0.05, 0.1) is 33.8 Å². The predicted molar refractivity (Wildman–Crippen MR) is 148 cm³/mol. The predicted octanol–water partition coefficient (Wildman–Crippen LogP) is 1.03. The van der Waals surface area contributed by atoms with E-state index in [1.807, 2.05) is 4.72 Å². The molecule has 0 radical (unpaired) electrons. The third kappa shape index (κ3) is 4.33. The highest BCUT2D eigenvalue weighted by Gasteiger charge is 2.62. The van der Waals surface area contributed by atoms with Crippen LogP contribution in [0.1, 0.15) is 73.5 Å². The zero-order valence-corrected chi connectivity index (χ0v) is 24.1. The molecule has 43 heavy (non-hydrogen) atoms. The molecule has 2 atom stereocenters. The molecule has 6 rings (SSSR count). The summed E-state index contributed by atoms with van der Waals surface area (Å²) >= 11 is 0. The van der Waals surface area contributed by atoms with Crippen LogP contribution >= 0.6 is 0 Å². The summed E-state index contributed by atoms with van der Waals surface area (Å²) in [5.41, 5.74) is -0.238. The van der Waals surface area contributed by atoms with Crippen LogP contribution in [0.4, 0.5) is 10.1 Å². The molecule has 5 amide bonds. The minimum Gasteiger partial charge on any atom is -0.384 e. The number of carbonyl (C=O) groups is 5. The first kappa shape index (κ1) is 28.9. The molecular weight excluding hydrogens is 607 g/mol. The Morgan fingerprint density at radius 3 is 2.19 bits per heavy atom. The second kappa shape index (κ2) is 9.94. The van der Waals surface area contributed by atoms with E-state index >= 15 is 0 Å². The first-order chi connectivity index (χ1) is 20.3. The number of hydrogen-bond acceptors (Lipinski definition) is 10. The third-order valence-electron chi connectivity index (χ3n) is 8.40. The Balaban J connectivity index is 1.13. The molecule has 16 heteroatoms. The lowest BCUT2D eigenvalue weighted by atomic mass is 10.0. The fourth-order valence-electron chi connectivity index (χ4n) is 6.16. The SMILES string of the molecule is O=C1NS(=O)(=O)CCC1N1C(=O)c2cccc(NCCCC[C@]3(N4C(=O)c5cccc(F)c5C4=O)CCS3(=O)=O)c2C1=O. The number of halogens is 1. The number of sulfone groups is 1. The average molecular weight is 633 g/mol. The first-order valence-corrected chi connectivity index (χ1v) is 16.8. The quantitative estimate of drug-likeness (QED) is 0.315. The number of amides is 5. The van der Waals surface area contributed by atoms with Crippen LogP contribution in [0, 0.1) is 5.82 Å². The van der Waals surface area contributed by atoms with Crippen LogP contribution in [0.2, 0.25) is 0 Å². The van der Waals surface area contributed by atoms with Crippen LogP contribution < -0.4 is 10.0 Å². The summed E-state index contributed by atoms with van der Waals surface area (Å²) in [6, 6.07) is 6.85. The minimum absolute atomic E-state index is 0.0276. The van der Waals surface area contributed by atoms with Gasteiger partial charge in [0.15, 0.2) is 14.7 Å². The van der Waals surface area contributed by atoms with Gasteiger partial charge in [0.2, 0.25) is 10.0 Å². The van der Waals surface area contributed by atoms with Gasteiger partial charge < -0.3 is 5.32 Å². The molecule has 0 aromatic heterocycles. The van der Waals surface area contributed by atoms with Crippen molar-refractivity contribution in [2.75, 3.05) is 23.4 Å². The Morgan fingerprint density at radius 2 is 1.56 bits per heavy atom. The van der Waals surface area contributed by atoms with Gasteiger partial charge in [0, 0.05) is 12.2 Å². The van der Waals surface area contributed by atoms with Gasteiger partial charge >= 0.3 is 0 Å². The van der Waals surface area contributed by atoms with Crippen molar-refractivity contribution in [2.45, 2.75) is 43.0 Å².